The summed E-state index contributed by atoms with van der Waals surface area (Å²) in [6.45, 7) is 7.33. The monoisotopic (exact) mass is 253 g/mol. The summed E-state index contributed by atoms with van der Waals surface area (Å²) in [6, 6.07) is -1.07. The highest BCUT2D eigenvalue weighted by Gasteiger charge is 2.40. The van der Waals surface area contributed by atoms with Crippen LogP contribution in [0.3, 0.4) is 0 Å². The Morgan fingerprint density at radius 1 is 1.28 bits per heavy atom. The first kappa shape index (κ1) is 14.4. The van der Waals surface area contributed by atoms with Crippen molar-refractivity contribution in [2.24, 2.45) is 11.8 Å². The van der Waals surface area contributed by atoms with E-state index in [-0.39, 0.29) is 18.3 Å². The minimum Gasteiger partial charge on any atom is -0.480 e. The molecule has 1 atom stereocenters. The second-order valence-electron chi connectivity index (χ2n) is 5.25. The van der Waals surface area contributed by atoms with Gasteiger partial charge in [-0.1, -0.05) is 27.7 Å². The van der Waals surface area contributed by atoms with Gasteiger partial charge in [-0.25, -0.2) is 4.79 Å². The van der Waals surface area contributed by atoms with Crippen LogP contribution < -0.4 is 0 Å². The van der Waals surface area contributed by atoms with Crippen molar-refractivity contribution in [3.05, 3.63) is 11.6 Å². The number of carbonyl (C=O) groups is 3. The fourth-order valence-electron chi connectivity index (χ4n) is 1.98. The van der Waals surface area contributed by atoms with Crippen LogP contribution in [0, 0.1) is 11.8 Å². The Kier molecular flexibility index (Phi) is 4.27. The van der Waals surface area contributed by atoms with Gasteiger partial charge in [0.05, 0.1) is 0 Å². The van der Waals surface area contributed by atoms with Gasteiger partial charge in [0.1, 0.15) is 6.04 Å². The van der Waals surface area contributed by atoms with Gasteiger partial charge < -0.3 is 5.11 Å². The second-order valence-corrected chi connectivity index (χ2v) is 5.25. The fourth-order valence-corrected chi connectivity index (χ4v) is 1.98. The summed E-state index contributed by atoms with van der Waals surface area (Å²) in [5.41, 5.74) is 0.384. The minimum absolute atomic E-state index is 0.0834. The van der Waals surface area contributed by atoms with Crippen molar-refractivity contribution in [1.82, 2.24) is 4.90 Å². The number of imide groups is 1. The first-order valence-electron chi connectivity index (χ1n) is 6.07. The lowest BCUT2D eigenvalue weighted by Gasteiger charge is -2.24. The lowest BCUT2D eigenvalue weighted by molar-refractivity contribution is -0.154. The lowest BCUT2D eigenvalue weighted by Crippen LogP contribution is -2.46. The Balaban J connectivity index is 2.99. The van der Waals surface area contributed by atoms with Crippen molar-refractivity contribution in [3.8, 4) is 0 Å². The van der Waals surface area contributed by atoms with Gasteiger partial charge in [0.15, 0.2) is 0 Å². The molecule has 1 rings (SSSR count). The summed E-state index contributed by atoms with van der Waals surface area (Å²) in [4.78, 5) is 35.9. The van der Waals surface area contributed by atoms with Gasteiger partial charge in [-0.3, -0.25) is 14.5 Å². The second kappa shape index (κ2) is 5.33. The van der Waals surface area contributed by atoms with Crippen LogP contribution in [0.15, 0.2) is 11.6 Å². The normalized spacial score (nSPS) is 17.7. The molecule has 0 saturated heterocycles. The summed E-state index contributed by atoms with van der Waals surface area (Å²) >= 11 is 0. The molecule has 1 unspecified atom stereocenters. The first-order chi connectivity index (χ1) is 8.25. The Bertz CT molecular complexity index is 409. The van der Waals surface area contributed by atoms with Crippen molar-refractivity contribution < 1.29 is 19.5 Å². The molecule has 0 aromatic rings. The summed E-state index contributed by atoms with van der Waals surface area (Å²) in [6.07, 6.45) is 1.52. The Labute approximate surface area is 106 Å². The van der Waals surface area contributed by atoms with E-state index in [2.05, 4.69) is 0 Å². The van der Waals surface area contributed by atoms with Gasteiger partial charge in [-0.15, -0.1) is 0 Å². The van der Waals surface area contributed by atoms with Crippen LogP contribution in [0.2, 0.25) is 0 Å². The molecule has 0 aliphatic carbocycles. The molecule has 0 fully saturated rings. The number of nitrogens with zero attached hydrogens (tertiary/aromatic N) is 1. The van der Waals surface area contributed by atoms with Crippen LogP contribution in [-0.2, 0) is 14.4 Å². The summed E-state index contributed by atoms with van der Waals surface area (Å²) in [5.74, 6) is -2.11. The molecule has 0 aromatic heterocycles. The van der Waals surface area contributed by atoms with E-state index >= 15 is 0 Å². The van der Waals surface area contributed by atoms with Crippen molar-refractivity contribution >= 4 is 17.8 Å². The zero-order valence-electron chi connectivity index (χ0n) is 11.1. The summed E-state index contributed by atoms with van der Waals surface area (Å²) < 4.78 is 0. The zero-order chi connectivity index (χ0) is 14.0. The van der Waals surface area contributed by atoms with Gasteiger partial charge in [-0.05, 0) is 18.3 Å². The predicted octanol–water partition coefficient (Wildman–Crippen LogP) is 1.44. The van der Waals surface area contributed by atoms with E-state index < -0.39 is 23.8 Å². The van der Waals surface area contributed by atoms with Crippen LogP contribution in [0.5, 0.6) is 0 Å². The lowest BCUT2D eigenvalue weighted by atomic mass is 10.0. The van der Waals surface area contributed by atoms with Crippen LogP contribution >= 0.6 is 0 Å². The quantitative estimate of drug-likeness (QED) is 0.752. The molecular weight excluding hydrogens is 234 g/mol. The van der Waals surface area contributed by atoms with E-state index in [4.69, 9.17) is 0 Å². The molecule has 1 N–H and O–H groups in total. The van der Waals surface area contributed by atoms with Crippen molar-refractivity contribution in [1.29, 1.82) is 0 Å². The topological polar surface area (TPSA) is 74.7 Å². The van der Waals surface area contributed by atoms with E-state index in [0.29, 0.717) is 5.57 Å². The summed E-state index contributed by atoms with van der Waals surface area (Å²) in [5, 5.41) is 9.17. The number of hydrogen-bond donors (Lipinski definition) is 1. The molecule has 0 bridgehead atoms. The Hall–Kier alpha value is -1.65. The van der Waals surface area contributed by atoms with Crippen molar-refractivity contribution in [2.45, 2.75) is 40.2 Å². The van der Waals surface area contributed by atoms with Gasteiger partial charge in [0, 0.05) is 11.6 Å². The van der Waals surface area contributed by atoms with E-state index in [1.165, 1.54) is 6.08 Å². The number of carboxylic acids is 1. The highest BCUT2D eigenvalue weighted by atomic mass is 16.4. The Morgan fingerprint density at radius 2 is 1.83 bits per heavy atom. The third-order valence-corrected chi connectivity index (χ3v) is 2.90. The molecule has 18 heavy (non-hydrogen) atoms. The third kappa shape index (κ3) is 2.78. The van der Waals surface area contributed by atoms with Crippen LogP contribution in [-0.4, -0.2) is 33.8 Å². The first-order valence-corrected chi connectivity index (χ1v) is 6.07. The van der Waals surface area contributed by atoms with Gasteiger partial charge in [0.2, 0.25) is 0 Å². The third-order valence-electron chi connectivity index (χ3n) is 2.90. The maximum Gasteiger partial charge on any atom is 0.326 e. The number of carboxylic acid groups (broad SMARTS) is 1. The maximum atomic E-state index is 12.1. The summed E-state index contributed by atoms with van der Waals surface area (Å²) in [7, 11) is 0. The molecule has 0 radical (unpaired) electrons. The smallest absolute Gasteiger partial charge is 0.326 e. The van der Waals surface area contributed by atoms with E-state index in [1.807, 2.05) is 13.8 Å². The number of carbonyl (C=O) groups excluding carboxylic acids is 2. The molecule has 1 aliphatic rings. The van der Waals surface area contributed by atoms with Crippen LogP contribution in [0.4, 0.5) is 0 Å². The van der Waals surface area contributed by atoms with Gasteiger partial charge >= 0.3 is 5.97 Å². The van der Waals surface area contributed by atoms with Crippen molar-refractivity contribution in [3.63, 3.8) is 0 Å². The fraction of sp³-hybridized carbons (Fsp3) is 0.615. The molecule has 5 nitrogen and oxygen atoms in total. The molecular formula is C13H19NO4. The number of amides is 2. The Morgan fingerprint density at radius 3 is 2.17 bits per heavy atom. The molecule has 5 heteroatoms. The van der Waals surface area contributed by atoms with Crippen LogP contribution in [0.25, 0.3) is 0 Å². The molecule has 2 amide bonds. The minimum atomic E-state index is -1.14. The molecule has 100 valence electrons. The average molecular weight is 253 g/mol. The van der Waals surface area contributed by atoms with Crippen LogP contribution in [0.1, 0.15) is 34.1 Å². The molecule has 1 aliphatic heterocycles. The highest BCUT2D eigenvalue weighted by molar-refractivity contribution is 6.17. The number of aliphatic carboxylic acids is 1. The van der Waals surface area contributed by atoms with E-state index in [9.17, 15) is 19.5 Å². The average Bonchev–Trinajstić information content (AvgIpc) is 2.51. The van der Waals surface area contributed by atoms with Gasteiger partial charge in [0.25, 0.3) is 11.8 Å². The molecule has 0 saturated carbocycles. The molecule has 0 aromatic carbocycles. The molecule has 1 heterocycles. The molecule has 0 spiro atoms. The SMILES string of the molecule is CC(C)CC(C(=O)O)N1C(=O)C=C(C(C)C)C1=O. The number of rotatable bonds is 5. The standard InChI is InChI=1S/C13H19NO4/c1-7(2)5-10(13(17)18)14-11(15)6-9(8(3)4)12(14)16/h6-8,10H,5H2,1-4H3,(H,17,18). The predicted molar refractivity (Wildman–Crippen MR) is 65.7 cm³/mol. The van der Waals surface area contributed by atoms with E-state index in [0.717, 1.165) is 4.90 Å². The zero-order valence-corrected chi connectivity index (χ0v) is 11.1. The van der Waals surface area contributed by atoms with Gasteiger partial charge in [-0.2, -0.15) is 0 Å². The maximum absolute atomic E-state index is 12.1. The number of hydrogen-bond acceptors (Lipinski definition) is 3. The highest BCUT2D eigenvalue weighted by Crippen LogP contribution is 2.24. The van der Waals surface area contributed by atoms with E-state index in [1.54, 1.807) is 13.8 Å². The largest absolute Gasteiger partial charge is 0.480 e. The van der Waals surface area contributed by atoms with Crippen molar-refractivity contribution in [2.75, 3.05) is 0 Å².